The number of fused-ring (bicyclic) bond motifs is 1. The molecule has 5 nitrogen and oxygen atoms in total. The molecule has 0 aliphatic heterocycles. The van der Waals surface area contributed by atoms with Crippen LogP contribution in [0.15, 0.2) is 71.5 Å². The Morgan fingerprint density at radius 1 is 1.06 bits per heavy atom. The molecule has 0 amide bonds. The quantitative estimate of drug-likeness (QED) is 0.395. The number of rotatable bonds is 6. The van der Waals surface area contributed by atoms with E-state index in [1.807, 2.05) is 42.5 Å². The predicted octanol–water partition coefficient (Wildman–Crippen LogP) is 5.90. The SMILES string of the molecule is COc1ccc(/C=C(\Cl)c2nc3ccc(Cl)cc3c(=O)[nH]2)cc1OCc1ccccc1. The molecule has 0 unspecified atom stereocenters. The van der Waals surface area contributed by atoms with Crippen LogP contribution in [-0.2, 0) is 6.61 Å². The second kappa shape index (κ2) is 9.25. The van der Waals surface area contributed by atoms with Crippen LogP contribution in [0.4, 0.5) is 0 Å². The fourth-order valence-electron chi connectivity index (χ4n) is 3.07. The number of hydrogen-bond acceptors (Lipinski definition) is 4. The molecule has 1 heterocycles. The largest absolute Gasteiger partial charge is 0.493 e. The van der Waals surface area contributed by atoms with Crippen molar-refractivity contribution < 1.29 is 9.47 Å². The van der Waals surface area contributed by atoms with E-state index >= 15 is 0 Å². The van der Waals surface area contributed by atoms with E-state index in [-0.39, 0.29) is 16.4 Å². The molecule has 1 N–H and O–H groups in total. The fourth-order valence-corrected chi connectivity index (χ4v) is 3.46. The highest BCUT2D eigenvalue weighted by molar-refractivity contribution is 6.50. The van der Waals surface area contributed by atoms with Crippen molar-refractivity contribution in [3.05, 3.63) is 99.1 Å². The maximum Gasteiger partial charge on any atom is 0.259 e. The minimum atomic E-state index is -0.310. The summed E-state index contributed by atoms with van der Waals surface area (Å²) in [4.78, 5) is 19.5. The monoisotopic (exact) mass is 452 g/mol. The molecular weight excluding hydrogens is 435 g/mol. The van der Waals surface area contributed by atoms with E-state index in [1.54, 1.807) is 37.5 Å². The number of H-pyrrole nitrogens is 1. The highest BCUT2D eigenvalue weighted by Gasteiger charge is 2.10. The molecule has 0 spiro atoms. The van der Waals surface area contributed by atoms with Crippen molar-refractivity contribution in [2.45, 2.75) is 6.61 Å². The third kappa shape index (κ3) is 4.90. The normalized spacial score (nSPS) is 11.5. The topological polar surface area (TPSA) is 64.2 Å². The van der Waals surface area contributed by atoms with Crippen LogP contribution in [0.1, 0.15) is 17.0 Å². The molecular formula is C24H18Cl2N2O3. The van der Waals surface area contributed by atoms with Crippen molar-refractivity contribution in [1.82, 2.24) is 9.97 Å². The van der Waals surface area contributed by atoms with Gasteiger partial charge in [0.05, 0.1) is 23.0 Å². The lowest BCUT2D eigenvalue weighted by molar-refractivity contribution is 0.284. The summed E-state index contributed by atoms with van der Waals surface area (Å²) < 4.78 is 11.3. The lowest BCUT2D eigenvalue weighted by atomic mass is 10.1. The summed E-state index contributed by atoms with van der Waals surface area (Å²) in [6.07, 6.45) is 1.70. The molecule has 31 heavy (non-hydrogen) atoms. The van der Waals surface area contributed by atoms with Gasteiger partial charge in [-0.1, -0.05) is 59.6 Å². The summed E-state index contributed by atoms with van der Waals surface area (Å²) in [6.45, 7) is 0.403. The molecule has 0 aliphatic rings. The Hall–Kier alpha value is -3.28. The van der Waals surface area contributed by atoms with E-state index in [2.05, 4.69) is 9.97 Å². The van der Waals surface area contributed by atoms with Crippen LogP contribution in [0.3, 0.4) is 0 Å². The minimum Gasteiger partial charge on any atom is -0.493 e. The van der Waals surface area contributed by atoms with Crippen molar-refractivity contribution in [3.8, 4) is 11.5 Å². The van der Waals surface area contributed by atoms with Crippen molar-refractivity contribution in [3.63, 3.8) is 0 Å². The van der Waals surface area contributed by atoms with Crippen LogP contribution in [0.2, 0.25) is 5.02 Å². The van der Waals surface area contributed by atoms with Crippen LogP contribution < -0.4 is 15.0 Å². The molecule has 7 heteroatoms. The molecule has 0 fully saturated rings. The molecule has 3 aromatic carbocycles. The Morgan fingerprint density at radius 2 is 1.87 bits per heavy atom. The third-order valence-corrected chi connectivity index (χ3v) is 5.14. The molecule has 0 bridgehead atoms. The Labute approximate surface area is 188 Å². The van der Waals surface area contributed by atoms with Gasteiger partial charge in [0.25, 0.3) is 5.56 Å². The van der Waals surface area contributed by atoms with Gasteiger partial charge in [-0.2, -0.15) is 0 Å². The highest BCUT2D eigenvalue weighted by Crippen LogP contribution is 2.31. The average Bonchev–Trinajstić information content (AvgIpc) is 2.79. The van der Waals surface area contributed by atoms with Gasteiger partial charge in [-0.15, -0.1) is 0 Å². The molecule has 1 aromatic heterocycles. The van der Waals surface area contributed by atoms with E-state index in [0.717, 1.165) is 11.1 Å². The molecule has 0 saturated heterocycles. The van der Waals surface area contributed by atoms with Gasteiger partial charge in [0.1, 0.15) is 6.61 Å². The smallest absolute Gasteiger partial charge is 0.259 e. The zero-order valence-corrected chi connectivity index (χ0v) is 18.1. The Bertz CT molecular complexity index is 1320. The number of benzene rings is 3. The van der Waals surface area contributed by atoms with Gasteiger partial charge < -0.3 is 14.5 Å². The number of aromatic nitrogens is 2. The van der Waals surface area contributed by atoms with Crippen LogP contribution >= 0.6 is 23.2 Å². The molecule has 0 saturated carbocycles. The average molecular weight is 453 g/mol. The molecule has 0 radical (unpaired) electrons. The third-order valence-electron chi connectivity index (χ3n) is 4.61. The zero-order chi connectivity index (χ0) is 21.8. The Morgan fingerprint density at radius 3 is 2.65 bits per heavy atom. The second-order valence-electron chi connectivity index (χ2n) is 6.75. The number of nitrogens with zero attached hydrogens (tertiary/aromatic N) is 1. The van der Waals surface area contributed by atoms with Gasteiger partial charge in [0, 0.05) is 5.02 Å². The van der Waals surface area contributed by atoms with Gasteiger partial charge in [-0.3, -0.25) is 4.79 Å². The number of aromatic amines is 1. The molecule has 0 aliphatic carbocycles. The summed E-state index contributed by atoms with van der Waals surface area (Å²) >= 11 is 12.4. The maximum atomic E-state index is 12.4. The summed E-state index contributed by atoms with van der Waals surface area (Å²) in [5.41, 5.74) is 2.02. The fraction of sp³-hybridized carbons (Fsp3) is 0.0833. The summed E-state index contributed by atoms with van der Waals surface area (Å²) in [5.74, 6) is 1.46. The van der Waals surface area contributed by atoms with Crippen molar-refractivity contribution in [2.24, 2.45) is 0 Å². The maximum absolute atomic E-state index is 12.4. The van der Waals surface area contributed by atoms with Crippen molar-refractivity contribution in [2.75, 3.05) is 7.11 Å². The summed E-state index contributed by atoms with van der Waals surface area (Å²) in [6, 6.07) is 20.3. The zero-order valence-electron chi connectivity index (χ0n) is 16.6. The van der Waals surface area contributed by atoms with E-state index in [9.17, 15) is 4.79 Å². The Balaban J connectivity index is 1.64. The number of ether oxygens (including phenoxy) is 2. The van der Waals surface area contributed by atoms with Crippen LogP contribution in [0, 0.1) is 0 Å². The van der Waals surface area contributed by atoms with Crippen LogP contribution in [-0.4, -0.2) is 17.1 Å². The summed E-state index contributed by atoms with van der Waals surface area (Å²) in [5, 5.41) is 1.16. The number of halogens is 2. The van der Waals surface area contributed by atoms with E-state index in [1.165, 1.54) is 0 Å². The standard InChI is InChI=1S/C24H18Cl2N2O3/c1-30-21-10-7-16(12-22(21)31-14-15-5-3-2-4-6-15)11-19(26)23-27-20-9-8-17(25)13-18(20)24(29)28-23/h2-13H,14H2,1H3,(H,27,28,29)/b19-11-. The number of methoxy groups -OCH3 is 1. The lowest BCUT2D eigenvalue weighted by Crippen LogP contribution is -2.10. The van der Waals surface area contributed by atoms with E-state index in [4.69, 9.17) is 32.7 Å². The Kier molecular flexibility index (Phi) is 6.26. The molecule has 0 atom stereocenters. The van der Waals surface area contributed by atoms with Gasteiger partial charge in [-0.05, 0) is 47.5 Å². The van der Waals surface area contributed by atoms with Crippen LogP contribution in [0.5, 0.6) is 11.5 Å². The van der Waals surface area contributed by atoms with E-state index < -0.39 is 0 Å². The second-order valence-corrected chi connectivity index (χ2v) is 7.60. The molecule has 156 valence electrons. The number of nitrogens with one attached hydrogen (secondary N) is 1. The van der Waals surface area contributed by atoms with Gasteiger partial charge in [-0.25, -0.2) is 4.98 Å². The first-order chi connectivity index (χ1) is 15.0. The highest BCUT2D eigenvalue weighted by atomic mass is 35.5. The first-order valence-corrected chi connectivity index (χ1v) is 10.2. The molecule has 4 rings (SSSR count). The first-order valence-electron chi connectivity index (χ1n) is 9.45. The van der Waals surface area contributed by atoms with Gasteiger partial charge in [0.15, 0.2) is 17.3 Å². The van der Waals surface area contributed by atoms with Crippen molar-refractivity contribution in [1.29, 1.82) is 0 Å². The van der Waals surface area contributed by atoms with E-state index in [0.29, 0.717) is 34.0 Å². The predicted molar refractivity (Wildman–Crippen MR) is 125 cm³/mol. The molecule has 4 aromatic rings. The number of hydrogen-bond donors (Lipinski definition) is 1. The summed E-state index contributed by atoms with van der Waals surface area (Å²) in [7, 11) is 1.59. The van der Waals surface area contributed by atoms with Gasteiger partial charge in [0.2, 0.25) is 0 Å². The minimum absolute atomic E-state index is 0.268. The van der Waals surface area contributed by atoms with Gasteiger partial charge >= 0.3 is 0 Å². The van der Waals surface area contributed by atoms with Crippen LogP contribution in [0.25, 0.3) is 22.0 Å². The first kappa shape index (κ1) is 21.0. The van der Waals surface area contributed by atoms with Crippen molar-refractivity contribution >= 4 is 45.2 Å². The lowest BCUT2D eigenvalue weighted by Gasteiger charge is -2.12.